The van der Waals surface area contributed by atoms with E-state index in [9.17, 15) is 4.79 Å². The third-order valence-corrected chi connectivity index (χ3v) is 5.10. The number of halogens is 1. The van der Waals surface area contributed by atoms with Gasteiger partial charge < -0.3 is 20.1 Å². The van der Waals surface area contributed by atoms with Crippen LogP contribution in [0.15, 0.2) is 12.1 Å². The number of carbonyl (C=O) groups excluding carboxylic acids is 1. The molecule has 2 rings (SSSR count). The minimum absolute atomic E-state index is 0.0553. The highest BCUT2D eigenvalue weighted by atomic mass is 35.5. The maximum absolute atomic E-state index is 12.9. The molecule has 0 saturated carbocycles. The molecule has 1 aromatic rings. The number of amides is 1. The summed E-state index contributed by atoms with van der Waals surface area (Å²) in [7, 11) is 1.55. The largest absolute Gasteiger partial charge is 0.493 e. The summed E-state index contributed by atoms with van der Waals surface area (Å²) in [6.45, 7) is 8.12. The summed E-state index contributed by atoms with van der Waals surface area (Å²) in [5.74, 6) is 0.926. The number of nitrogens with two attached hydrogens (primary N) is 1. The summed E-state index contributed by atoms with van der Waals surface area (Å²) in [6.07, 6.45) is 2.76. The second-order valence-corrected chi connectivity index (χ2v) is 7.71. The first-order valence-corrected chi connectivity index (χ1v) is 9.23. The van der Waals surface area contributed by atoms with E-state index in [1.807, 2.05) is 4.90 Å². The van der Waals surface area contributed by atoms with Gasteiger partial charge in [0.05, 0.1) is 18.7 Å². The quantitative estimate of drug-likeness (QED) is 0.777. The van der Waals surface area contributed by atoms with Crippen LogP contribution in [0.25, 0.3) is 0 Å². The van der Waals surface area contributed by atoms with Crippen LogP contribution in [0.3, 0.4) is 0 Å². The molecule has 1 heterocycles. The molecule has 0 radical (unpaired) electrons. The average Bonchev–Trinajstić information content (AvgIpc) is 2.57. The van der Waals surface area contributed by atoms with Crippen molar-refractivity contribution in [2.45, 2.75) is 46.1 Å². The van der Waals surface area contributed by atoms with Crippen molar-refractivity contribution in [3.8, 4) is 11.5 Å². The third-order valence-electron chi connectivity index (χ3n) is 4.82. The standard InChI is InChI=1S/C19H29ClN2O3/c1-5-6-9-25-17-14(20)10-13(11-15(17)24-4)18(23)22-8-7-16(21)19(2,3)12-22/h10-11,16H,5-9,12,21H2,1-4H3. The first-order chi connectivity index (χ1) is 11.8. The van der Waals surface area contributed by atoms with E-state index in [2.05, 4.69) is 20.8 Å². The van der Waals surface area contributed by atoms with E-state index >= 15 is 0 Å². The number of nitrogens with zero attached hydrogens (tertiary/aromatic N) is 1. The Labute approximate surface area is 155 Å². The topological polar surface area (TPSA) is 64.8 Å². The highest BCUT2D eigenvalue weighted by molar-refractivity contribution is 6.32. The van der Waals surface area contributed by atoms with Crippen LogP contribution in [0.4, 0.5) is 0 Å². The van der Waals surface area contributed by atoms with Crippen LogP contribution >= 0.6 is 11.6 Å². The van der Waals surface area contributed by atoms with Gasteiger partial charge in [0.25, 0.3) is 5.91 Å². The molecule has 0 bridgehead atoms. The van der Waals surface area contributed by atoms with Crippen molar-refractivity contribution in [2.75, 3.05) is 26.8 Å². The summed E-state index contributed by atoms with van der Waals surface area (Å²) in [5, 5.41) is 0.395. The number of hydrogen-bond acceptors (Lipinski definition) is 4. The van der Waals surface area contributed by atoms with Gasteiger partial charge in [0, 0.05) is 24.7 Å². The number of methoxy groups -OCH3 is 1. The molecule has 6 heteroatoms. The van der Waals surface area contributed by atoms with Gasteiger partial charge in [-0.05, 0) is 30.4 Å². The Balaban J connectivity index is 2.21. The third kappa shape index (κ3) is 4.59. The van der Waals surface area contributed by atoms with Gasteiger partial charge in [0.2, 0.25) is 0 Å². The Hall–Kier alpha value is -1.46. The molecule has 0 aromatic heterocycles. The number of benzene rings is 1. The Morgan fingerprint density at radius 1 is 1.44 bits per heavy atom. The second-order valence-electron chi connectivity index (χ2n) is 7.30. The zero-order chi connectivity index (χ0) is 18.6. The van der Waals surface area contributed by atoms with Crippen molar-refractivity contribution >= 4 is 17.5 Å². The van der Waals surface area contributed by atoms with Crippen molar-refractivity contribution in [1.82, 2.24) is 4.90 Å². The lowest BCUT2D eigenvalue weighted by atomic mass is 9.79. The number of carbonyl (C=O) groups is 1. The molecule has 1 atom stereocenters. The van der Waals surface area contributed by atoms with Gasteiger partial charge in [-0.3, -0.25) is 4.79 Å². The number of piperidine rings is 1. The summed E-state index contributed by atoms with van der Waals surface area (Å²) in [4.78, 5) is 14.8. The molecular formula is C19H29ClN2O3. The molecule has 1 saturated heterocycles. The predicted molar refractivity (Wildman–Crippen MR) is 101 cm³/mol. The molecule has 1 unspecified atom stereocenters. The first kappa shape index (κ1) is 19.9. The SMILES string of the molecule is CCCCOc1c(Cl)cc(C(=O)N2CCC(N)C(C)(C)C2)cc1OC. The Morgan fingerprint density at radius 3 is 2.76 bits per heavy atom. The van der Waals surface area contributed by atoms with E-state index in [0.29, 0.717) is 41.8 Å². The smallest absolute Gasteiger partial charge is 0.254 e. The number of likely N-dealkylation sites (tertiary alicyclic amines) is 1. The normalized spacial score (nSPS) is 19.6. The molecule has 5 nitrogen and oxygen atoms in total. The fourth-order valence-electron chi connectivity index (χ4n) is 3.03. The van der Waals surface area contributed by atoms with Gasteiger partial charge in [-0.2, -0.15) is 0 Å². The average molecular weight is 369 g/mol. The summed E-state index contributed by atoms with van der Waals surface area (Å²) in [5.41, 5.74) is 6.57. The second kappa shape index (κ2) is 8.28. The predicted octanol–water partition coefficient (Wildman–Crippen LogP) is 3.73. The molecule has 1 fully saturated rings. The zero-order valence-electron chi connectivity index (χ0n) is 15.6. The van der Waals surface area contributed by atoms with Crippen molar-refractivity contribution in [1.29, 1.82) is 0 Å². The van der Waals surface area contributed by atoms with Crippen molar-refractivity contribution in [3.63, 3.8) is 0 Å². The van der Waals surface area contributed by atoms with Crippen LogP contribution < -0.4 is 15.2 Å². The number of unbranched alkanes of at least 4 members (excludes halogenated alkanes) is 1. The molecule has 0 spiro atoms. The van der Waals surface area contributed by atoms with Gasteiger partial charge in [0.1, 0.15) is 0 Å². The van der Waals surface area contributed by atoms with Crippen molar-refractivity contribution < 1.29 is 14.3 Å². The molecule has 140 valence electrons. The van der Waals surface area contributed by atoms with Crippen LogP contribution in [0.2, 0.25) is 5.02 Å². The van der Waals surface area contributed by atoms with E-state index in [1.54, 1.807) is 19.2 Å². The summed E-state index contributed by atoms with van der Waals surface area (Å²) >= 11 is 6.36. The van der Waals surface area contributed by atoms with Gasteiger partial charge in [-0.25, -0.2) is 0 Å². The molecule has 1 aliphatic heterocycles. The molecular weight excluding hydrogens is 340 g/mol. The summed E-state index contributed by atoms with van der Waals surface area (Å²) < 4.78 is 11.1. The monoisotopic (exact) mass is 368 g/mol. The van der Waals surface area contributed by atoms with Crippen LogP contribution in [-0.4, -0.2) is 43.7 Å². The summed E-state index contributed by atoms with van der Waals surface area (Å²) in [6, 6.07) is 3.47. The van der Waals surface area contributed by atoms with Crippen molar-refractivity contribution in [2.24, 2.45) is 11.1 Å². The lowest BCUT2D eigenvalue weighted by molar-refractivity contribution is 0.0532. The lowest BCUT2D eigenvalue weighted by Gasteiger charge is -2.42. The Kier molecular flexibility index (Phi) is 6.58. The number of rotatable bonds is 6. The fourth-order valence-corrected chi connectivity index (χ4v) is 3.30. The molecule has 1 aliphatic rings. The van der Waals surface area contributed by atoms with Gasteiger partial charge >= 0.3 is 0 Å². The number of ether oxygens (including phenoxy) is 2. The van der Waals surface area contributed by atoms with Crippen LogP contribution in [-0.2, 0) is 0 Å². The lowest BCUT2D eigenvalue weighted by Crippen LogP contribution is -2.54. The van der Waals surface area contributed by atoms with Gasteiger partial charge in [-0.15, -0.1) is 0 Å². The minimum atomic E-state index is -0.106. The minimum Gasteiger partial charge on any atom is -0.493 e. The van der Waals surface area contributed by atoms with E-state index in [1.165, 1.54) is 0 Å². The highest BCUT2D eigenvalue weighted by Gasteiger charge is 2.35. The zero-order valence-corrected chi connectivity index (χ0v) is 16.4. The van der Waals surface area contributed by atoms with Crippen LogP contribution in [0.5, 0.6) is 11.5 Å². The van der Waals surface area contributed by atoms with Crippen LogP contribution in [0.1, 0.15) is 50.4 Å². The van der Waals surface area contributed by atoms with E-state index < -0.39 is 0 Å². The van der Waals surface area contributed by atoms with E-state index in [4.69, 9.17) is 26.8 Å². The maximum atomic E-state index is 12.9. The molecule has 2 N–H and O–H groups in total. The van der Waals surface area contributed by atoms with Crippen LogP contribution in [0, 0.1) is 5.41 Å². The number of hydrogen-bond donors (Lipinski definition) is 1. The van der Waals surface area contributed by atoms with E-state index in [-0.39, 0.29) is 17.4 Å². The first-order valence-electron chi connectivity index (χ1n) is 8.85. The maximum Gasteiger partial charge on any atom is 0.254 e. The fraction of sp³-hybridized carbons (Fsp3) is 0.632. The van der Waals surface area contributed by atoms with Gasteiger partial charge in [-0.1, -0.05) is 38.8 Å². The van der Waals surface area contributed by atoms with E-state index in [0.717, 1.165) is 19.3 Å². The highest BCUT2D eigenvalue weighted by Crippen LogP contribution is 2.37. The van der Waals surface area contributed by atoms with Gasteiger partial charge in [0.15, 0.2) is 11.5 Å². The molecule has 25 heavy (non-hydrogen) atoms. The molecule has 1 aromatic carbocycles. The molecule has 1 amide bonds. The van der Waals surface area contributed by atoms with Crippen molar-refractivity contribution in [3.05, 3.63) is 22.7 Å². The Bertz CT molecular complexity index is 619. The molecule has 0 aliphatic carbocycles. The Morgan fingerprint density at radius 2 is 2.16 bits per heavy atom.